The standard InChI is InChI=1S/C22H27ClN2O3/c1-2-13-28-18-9-7-17(8-10-18)22(26)24-16-21(25-11-14-27-15-12-25)19-5-3-4-6-20(19)23/h3-10,21H,2,11-16H2,1H3,(H,24,26)/t21-/m0/s1. The molecule has 1 aliphatic heterocycles. The highest BCUT2D eigenvalue weighted by molar-refractivity contribution is 6.31. The summed E-state index contributed by atoms with van der Waals surface area (Å²) >= 11 is 6.45. The molecule has 6 heteroatoms. The Morgan fingerprint density at radius 1 is 1.18 bits per heavy atom. The molecule has 150 valence electrons. The zero-order valence-electron chi connectivity index (χ0n) is 16.2. The van der Waals surface area contributed by atoms with E-state index in [0.717, 1.165) is 30.8 Å². The fourth-order valence-corrected chi connectivity index (χ4v) is 3.55. The number of rotatable bonds is 8. The average Bonchev–Trinajstić information content (AvgIpc) is 2.74. The molecule has 0 radical (unpaired) electrons. The van der Waals surface area contributed by atoms with Gasteiger partial charge in [0.1, 0.15) is 5.75 Å². The molecule has 0 bridgehead atoms. The second-order valence-corrected chi connectivity index (χ2v) is 7.18. The van der Waals surface area contributed by atoms with E-state index in [9.17, 15) is 4.79 Å². The van der Waals surface area contributed by atoms with Gasteiger partial charge in [-0.05, 0) is 42.3 Å². The van der Waals surface area contributed by atoms with Gasteiger partial charge in [0, 0.05) is 30.2 Å². The van der Waals surface area contributed by atoms with E-state index >= 15 is 0 Å². The molecule has 2 aromatic carbocycles. The van der Waals surface area contributed by atoms with E-state index in [0.29, 0.717) is 37.0 Å². The van der Waals surface area contributed by atoms with Crippen LogP contribution >= 0.6 is 11.6 Å². The van der Waals surface area contributed by atoms with E-state index in [4.69, 9.17) is 21.1 Å². The zero-order valence-corrected chi connectivity index (χ0v) is 17.0. The van der Waals surface area contributed by atoms with Crippen LogP contribution in [0.2, 0.25) is 5.02 Å². The van der Waals surface area contributed by atoms with E-state index in [1.807, 2.05) is 36.4 Å². The lowest BCUT2D eigenvalue weighted by molar-refractivity contribution is 0.0162. The Kier molecular flexibility index (Phi) is 7.71. The molecule has 0 saturated carbocycles. The molecule has 1 heterocycles. The summed E-state index contributed by atoms with van der Waals surface area (Å²) in [7, 11) is 0. The summed E-state index contributed by atoms with van der Waals surface area (Å²) in [6, 6.07) is 15.1. The SMILES string of the molecule is CCCOc1ccc(C(=O)NC[C@@H](c2ccccc2Cl)N2CCOCC2)cc1. The van der Waals surface area contributed by atoms with Crippen molar-refractivity contribution in [1.29, 1.82) is 0 Å². The van der Waals surface area contributed by atoms with Gasteiger partial charge in [0.05, 0.1) is 25.9 Å². The van der Waals surface area contributed by atoms with Gasteiger partial charge < -0.3 is 14.8 Å². The molecule has 1 saturated heterocycles. The molecule has 28 heavy (non-hydrogen) atoms. The smallest absolute Gasteiger partial charge is 0.251 e. The van der Waals surface area contributed by atoms with Gasteiger partial charge in [-0.1, -0.05) is 36.7 Å². The second-order valence-electron chi connectivity index (χ2n) is 6.77. The van der Waals surface area contributed by atoms with E-state index in [1.165, 1.54) is 0 Å². The molecule has 3 rings (SSSR count). The molecule has 1 aliphatic rings. The summed E-state index contributed by atoms with van der Waals surface area (Å²) in [6.07, 6.45) is 0.952. The zero-order chi connectivity index (χ0) is 19.8. The Labute approximate surface area is 171 Å². The molecule has 1 atom stereocenters. The van der Waals surface area contributed by atoms with Crippen molar-refractivity contribution in [3.8, 4) is 5.75 Å². The van der Waals surface area contributed by atoms with Gasteiger partial charge >= 0.3 is 0 Å². The monoisotopic (exact) mass is 402 g/mol. The first-order chi connectivity index (χ1) is 13.7. The number of nitrogens with one attached hydrogen (secondary N) is 1. The van der Waals surface area contributed by atoms with Crippen molar-refractivity contribution in [2.75, 3.05) is 39.5 Å². The summed E-state index contributed by atoms with van der Waals surface area (Å²) < 4.78 is 11.0. The highest BCUT2D eigenvalue weighted by Gasteiger charge is 2.25. The summed E-state index contributed by atoms with van der Waals surface area (Å²) in [6.45, 7) is 6.22. The van der Waals surface area contributed by atoms with E-state index in [-0.39, 0.29) is 11.9 Å². The molecular formula is C22H27ClN2O3. The summed E-state index contributed by atoms with van der Waals surface area (Å²) in [4.78, 5) is 15.0. The molecule has 0 unspecified atom stereocenters. The van der Waals surface area contributed by atoms with Crippen LogP contribution in [0.3, 0.4) is 0 Å². The third kappa shape index (κ3) is 5.47. The van der Waals surface area contributed by atoms with Gasteiger partial charge in [0.25, 0.3) is 5.91 Å². The van der Waals surface area contributed by atoms with Gasteiger partial charge in [-0.15, -0.1) is 0 Å². The van der Waals surface area contributed by atoms with Crippen LogP contribution < -0.4 is 10.1 Å². The topological polar surface area (TPSA) is 50.8 Å². The van der Waals surface area contributed by atoms with Gasteiger partial charge in [0.2, 0.25) is 0 Å². The lowest BCUT2D eigenvalue weighted by Gasteiger charge is -2.35. The van der Waals surface area contributed by atoms with Crippen molar-refractivity contribution >= 4 is 17.5 Å². The number of ether oxygens (including phenoxy) is 2. The van der Waals surface area contributed by atoms with Gasteiger partial charge in [-0.25, -0.2) is 0 Å². The predicted molar refractivity (Wildman–Crippen MR) is 111 cm³/mol. The highest BCUT2D eigenvalue weighted by atomic mass is 35.5. The maximum Gasteiger partial charge on any atom is 0.251 e. The van der Waals surface area contributed by atoms with Crippen molar-refractivity contribution in [1.82, 2.24) is 10.2 Å². The number of amides is 1. The number of benzene rings is 2. The third-order valence-corrected chi connectivity index (χ3v) is 5.14. The minimum Gasteiger partial charge on any atom is -0.494 e. The van der Waals surface area contributed by atoms with Crippen LogP contribution in [-0.4, -0.2) is 50.3 Å². The molecule has 1 amide bonds. The number of halogens is 1. The number of nitrogens with zero attached hydrogens (tertiary/aromatic N) is 1. The van der Waals surface area contributed by atoms with Gasteiger partial charge in [-0.3, -0.25) is 9.69 Å². The average molecular weight is 403 g/mol. The maximum atomic E-state index is 12.6. The van der Waals surface area contributed by atoms with Crippen molar-refractivity contribution in [3.05, 3.63) is 64.7 Å². The van der Waals surface area contributed by atoms with Crippen LogP contribution in [0, 0.1) is 0 Å². The Balaban J connectivity index is 1.67. The van der Waals surface area contributed by atoms with Crippen molar-refractivity contribution in [2.45, 2.75) is 19.4 Å². The summed E-state index contributed by atoms with van der Waals surface area (Å²) in [5.41, 5.74) is 1.64. The number of carbonyl (C=O) groups excluding carboxylic acids is 1. The van der Waals surface area contributed by atoms with Gasteiger partial charge in [0.15, 0.2) is 0 Å². The number of morpholine rings is 1. The Hall–Kier alpha value is -2.08. The van der Waals surface area contributed by atoms with Crippen LogP contribution in [0.25, 0.3) is 0 Å². The molecule has 2 aromatic rings. The van der Waals surface area contributed by atoms with Crippen molar-refractivity contribution in [2.24, 2.45) is 0 Å². The molecular weight excluding hydrogens is 376 g/mol. The van der Waals surface area contributed by atoms with Crippen LogP contribution in [0.1, 0.15) is 35.3 Å². The molecule has 1 N–H and O–H groups in total. The van der Waals surface area contributed by atoms with Crippen molar-refractivity contribution in [3.63, 3.8) is 0 Å². The maximum absolute atomic E-state index is 12.6. The normalized spacial score (nSPS) is 15.8. The number of hydrogen-bond acceptors (Lipinski definition) is 4. The van der Waals surface area contributed by atoms with Crippen LogP contribution in [0.4, 0.5) is 0 Å². The molecule has 0 aliphatic carbocycles. The quantitative estimate of drug-likeness (QED) is 0.726. The molecule has 0 spiro atoms. The van der Waals surface area contributed by atoms with Crippen LogP contribution in [0.5, 0.6) is 5.75 Å². The number of hydrogen-bond donors (Lipinski definition) is 1. The molecule has 0 aromatic heterocycles. The van der Waals surface area contributed by atoms with Crippen LogP contribution in [0.15, 0.2) is 48.5 Å². The Morgan fingerprint density at radius 3 is 2.57 bits per heavy atom. The highest BCUT2D eigenvalue weighted by Crippen LogP contribution is 2.28. The third-order valence-electron chi connectivity index (χ3n) is 4.80. The fourth-order valence-electron chi connectivity index (χ4n) is 3.28. The van der Waals surface area contributed by atoms with E-state index in [1.54, 1.807) is 12.1 Å². The van der Waals surface area contributed by atoms with Gasteiger partial charge in [-0.2, -0.15) is 0 Å². The first-order valence-electron chi connectivity index (χ1n) is 9.76. The lowest BCUT2D eigenvalue weighted by atomic mass is 10.0. The summed E-state index contributed by atoms with van der Waals surface area (Å²) in [5.74, 6) is 0.674. The summed E-state index contributed by atoms with van der Waals surface area (Å²) in [5, 5.41) is 3.78. The lowest BCUT2D eigenvalue weighted by Crippen LogP contribution is -2.44. The van der Waals surface area contributed by atoms with Crippen molar-refractivity contribution < 1.29 is 14.3 Å². The molecule has 5 nitrogen and oxygen atoms in total. The fraction of sp³-hybridized carbons (Fsp3) is 0.409. The minimum atomic E-state index is -0.104. The largest absolute Gasteiger partial charge is 0.494 e. The Morgan fingerprint density at radius 2 is 1.89 bits per heavy atom. The van der Waals surface area contributed by atoms with E-state index < -0.39 is 0 Å². The van der Waals surface area contributed by atoms with Crippen LogP contribution in [-0.2, 0) is 4.74 Å². The van der Waals surface area contributed by atoms with E-state index in [2.05, 4.69) is 17.1 Å². The minimum absolute atomic E-state index is 0.00807. The predicted octanol–water partition coefficient (Wildman–Crippen LogP) is 3.93. The molecule has 1 fully saturated rings. The first-order valence-corrected chi connectivity index (χ1v) is 10.1. The Bertz CT molecular complexity index is 761. The first kappa shape index (κ1) is 20.6. The second kappa shape index (κ2) is 10.5. The number of carbonyl (C=O) groups is 1.